The van der Waals surface area contributed by atoms with E-state index in [9.17, 15) is 9.59 Å². The van der Waals surface area contributed by atoms with Crippen LogP contribution in [0, 0.1) is 0 Å². The number of esters is 2. The zero-order valence-electron chi connectivity index (χ0n) is 22.3. The summed E-state index contributed by atoms with van der Waals surface area (Å²) in [5, 5.41) is 0. The lowest BCUT2D eigenvalue weighted by Gasteiger charge is -2.07. The Kier molecular flexibility index (Phi) is 15.1. The van der Waals surface area contributed by atoms with Gasteiger partial charge in [-0.15, -0.1) is 0 Å². The van der Waals surface area contributed by atoms with Gasteiger partial charge < -0.3 is 9.47 Å². The van der Waals surface area contributed by atoms with E-state index < -0.39 is 0 Å². The van der Waals surface area contributed by atoms with Gasteiger partial charge in [-0.05, 0) is 37.1 Å². The minimum atomic E-state index is -0.244. The fourth-order valence-corrected chi connectivity index (χ4v) is 4.01. The number of carbonyl (C=O) groups excluding carboxylic acids is 2. The first-order valence-electron chi connectivity index (χ1n) is 14.0. The standard InChI is InChI=1S/C30H44N2O4/c1-3-5-7-9-10-11-12-13-14-16-18-29(34)36-27-23-31-30(32-24-27)25-19-21-26(22-20-25)35-28(33)17-15-8-6-4-2/h19-24H,3-18H2,1-2H3. The smallest absolute Gasteiger partial charge is 0.311 e. The van der Waals surface area contributed by atoms with E-state index in [1.165, 1.54) is 63.8 Å². The Morgan fingerprint density at radius 2 is 1.00 bits per heavy atom. The summed E-state index contributed by atoms with van der Waals surface area (Å²) in [4.78, 5) is 32.7. The van der Waals surface area contributed by atoms with E-state index in [0.29, 0.717) is 30.2 Å². The molecule has 0 bridgehead atoms. The average Bonchev–Trinajstić information content (AvgIpc) is 2.89. The van der Waals surface area contributed by atoms with E-state index >= 15 is 0 Å². The van der Waals surface area contributed by atoms with Gasteiger partial charge in [-0.2, -0.15) is 0 Å². The number of carbonyl (C=O) groups is 2. The topological polar surface area (TPSA) is 78.4 Å². The molecule has 0 radical (unpaired) electrons. The van der Waals surface area contributed by atoms with Crippen molar-refractivity contribution in [2.45, 2.75) is 117 Å². The Morgan fingerprint density at radius 3 is 1.50 bits per heavy atom. The van der Waals surface area contributed by atoms with E-state index in [0.717, 1.165) is 44.1 Å². The second-order valence-corrected chi connectivity index (χ2v) is 9.46. The molecule has 0 aliphatic rings. The van der Waals surface area contributed by atoms with Crippen molar-refractivity contribution in [3.8, 4) is 22.9 Å². The van der Waals surface area contributed by atoms with Gasteiger partial charge >= 0.3 is 11.9 Å². The van der Waals surface area contributed by atoms with Crippen molar-refractivity contribution in [3.63, 3.8) is 0 Å². The highest BCUT2D eigenvalue weighted by molar-refractivity contribution is 5.73. The highest BCUT2D eigenvalue weighted by Gasteiger charge is 2.09. The average molecular weight is 497 g/mol. The molecule has 0 spiro atoms. The fourth-order valence-electron chi connectivity index (χ4n) is 4.01. The molecule has 0 saturated carbocycles. The fraction of sp³-hybridized carbons (Fsp3) is 0.600. The van der Waals surface area contributed by atoms with Crippen LogP contribution < -0.4 is 9.47 Å². The predicted molar refractivity (Wildman–Crippen MR) is 144 cm³/mol. The molecular formula is C30H44N2O4. The molecule has 0 aliphatic heterocycles. The third-order valence-electron chi connectivity index (χ3n) is 6.17. The monoisotopic (exact) mass is 496 g/mol. The first-order chi connectivity index (χ1) is 17.6. The van der Waals surface area contributed by atoms with Crippen LogP contribution in [0.3, 0.4) is 0 Å². The van der Waals surface area contributed by atoms with Crippen LogP contribution in [-0.2, 0) is 9.59 Å². The summed E-state index contributed by atoms with van der Waals surface area (Å²) in [6.07, 6.45) is 20.4. The first-order valence-corrected chi connectivity index (χ1v) is 14.0. The lowest BCUT2D eigenvalue weighted by Crippen LogP contribution is -2.08. The number of hydrogen-bond acceptors (Lipinski definition) is 6. The minimum absolute atomic E-state index is 0.209. The maximum atomic E-state index is 12.1. The van der Waals surface area contributed by atoms with Crippen molar-refractivity contribution < 1.29 is 19.1 Å². The van der Waals surface area contributed by atoms with Crippen molar-refractivity contribution in [1.29, 1.82) is 0 Å². The maximum absolute atomic E-state index is 12.1. The van der Waals surface area contributed by atoms with Gasteiger partial charge in [0.25, 0.3) is 0 Å². The molecule has 0 N–H and O–H groups in total. The summed E-state index contributed by atoms with van der Waals surface area (Å²) < 4.78 is 10.8. The number of nitrogens with zero attached hydrogens (tertiary/aromatic N) is 2. The second kappa shape index (κ2) is 18.5. The molecule has 0 unspecified atom stereocenters. The third kappa shape index (κ3) is 12.8. The first kappa shape index (κ1) is 29.5. The van der Waals surface area contributed by atoms with Crippen LogP contribution in [0.4, 0.5) is 0 Å². The summed E-state index contributed by atoms with van der Waals surface area (Å²) in [6.45, 7) is 4.38. The van der Waals surface area contributed by atoms with Crippen molar-refractivity contribution >= 4 is 11.9 Å². The Bertz CT molecular complexity index is 866. The highest BCUT2D eigenvalue weighted by Crippen LogP contribution is 2.21. The van der Waals surface area contributed by atoms with Gasteiger partial charge in [-0.25, -0.2) is 9.97 Å². The van der Waals surface area contributed by atoms with Gasteiger partial charge in [0.2, 0.25) is 0 Å². The van der Waals surface area contributed by atoms with Crippen molar-refractivity contribution in [2.24, 2.45) is 0 Å². The molecule has 1 aromatic heterocycles. The SMILES string of the molecule is CCCCCCCCCCCCC(=O)Oc1cnc(-c2ccc(OC(=O)CCCCCC)cc2)nc1. The Morgan fingerprint density at radius 1 is 0.583 bits per heavy atom. The van der Waals surface area contributed by atoms with E-state index in [-0.39, 0.29) is 11.9 Å². The Labute approximate surface area is 217 Å². The van der Waals surface area contributed by atoms with Crippen LogP contribution in [-0.4, -0.2) is 21.9 Å². The molecule has 36 heavy (non-hydrogen) atoms. The van der Waals surface area contributed by atoms with E-state index in [1.54, 1.807) is 12.1 Å². The van der Waals surface area contributed by atoms with Crippen LogP contribution in [0.15, 0.2) is 36.7 Å². The van der Waals surface area contributed by atoms with Crippen LogP contribution in [0.1, 0.15) is 117 Å². The van der Waals surface area contributed by atoms with Gasteiger partial charge in [0.15, 0.2) is 11.6 Å². The lowest BCUT2D eigenvalue weighted by molar-refractivity contribution is -0.135. The molecule has 6 heteroatoms. The van der Waals surface area contributed by atoms with Crippen LogP contribution in [0.2, 0.25) is 0 Å². The largest absolute Gasteiger partial charge is 0.427 e. The molecule has 1 heterocycles. The van der Waals surface area contributed by atoms with Crippen LogP contribution in [0.25, 0.3) is 11.4 Å². The molecule has 0 fully saturated rings. The van der Waals surface area contributed by atoms with Crippen molar-refractivity contribution in [3.05, 3.63) is 36.7 Å². The predicted octanol–water partition coefficient (Wildman–Crippen LogP) is 8.24. The summed E-state index contributed by atoms with van der Waals surface area (Å²) in [5.41, 5.74) is 0.793. The number of aromatic nitrogens is 2. The lowest BCUT2D eigenvalue weighted by atomic mass is 10.1. The van der Waals surface area contributed by atoms with Crippen molar-refractivity contribution in [2.75, 3.05) is 0 Å². The van der Waals surface area contributed by atoms with Crippen molar-refractivity contribution in [1.82, 2.24) is 9.97 Å². The molecule has 6 nitrogen and oxygen atoms in total. The molecule has 0 atom stereocenters. The minimum Gasteiger partial charge on any atom is -0.427 e. The Balaban J connectivity index is 1.64. The number of ether oxygens (including phenoxy) is 2. The van der Waals surface area contributed by atoms with Gasteiger partial charge in [0, 0.05) is 18.4 Å². The maximum Gasteiger partial charge on any atom is 0.311 e. The molecule has 1 aromatic carbocycles. The number of benzene rings is 1. The second-order valence-electron chi connectivity index (χ2n) is 9.46. The number of hydrogen-bond donors (Lipinski definition) is 0. The molecule has 0 amide bonds. The summed E-state index contributed by atoms with van der Waals surface area (Å²) in [5.74, 6) is 0.925. The highest BCUT2D eigenvalue weighted by atomic mass is 16.5. The van der Waals surface area contributed by atoms with Gasteiger partial charge in [0.05, 0.1) is 12.4 Å². The number of unbranched alkanes of at least 4 members (excludes halogenated alkanes) is 12. The number of rotatable bonds is 19. The molecular weight excluding hydrogens is 452 g/mol. The quantitative estimate of drug-likeness (QED) is 0.111. The molecule has 198 valence electrons. The van der Waals surface area contributed by atoms with Gasteiger partial charge in [-0.1, -0.05) is 90.9 Å². The summed E-state index contributed by atoms with van der Waals surface area (Å²) in [7, 11) is 0. The zero-order valence-corrected chi connectivity index (χ0v) is 22.3. The van der Waals surface area contributed by atoms with Crippen LogP contribution >= 0.6 is 0 Å². The third-order valence-corrected chi connectivity index (χ3v) is 6.17. The van der Waals surface area contributed by atoms with E-state index in [2.05, 4.69) is 23.8 Å². The van der Waals surface area contributed by atoms with Gasteiger partial charge in [-0.3, -0.25) is 9.59 Å². The van der Waals surface area contributed by atoms with E-state index in [4.69, 9.17) is 9.47 Å². The molecule has 2 rings (SSSR count). The molecule has 0 saturated heterocycles. The van der Waals surface area contributed by atoms with Gasteiger partial charge in [0.1, 0.15) is 5.75 Å². The van der Waals surface area contributed by atoms with Crippen LogP contribution in [0.5, 0.6) is 11.5 Å². The Hall–Kier alpha value is -2.76. The molecule has 0 aliphatic carbocycles. The summed E-state index contributed by atoms with van der Waals surface area (Å²) in [6, 6.07) is 7.10. The molecule has 2 aromatic rings. The zero-order chi connectivity index (χ0) is 25.8. The van der Waals surface area contributed by atoms with E-state index in [1.807, 2.05) is 12.1 Å². The summed E-state index contributed by atoms with van der Waals surface area (Å²) >= 11 is 0. The normalized spacial score (nSPS) is 10.8.